The van der Waals surface area contributed by atoms with E-state index in [0.717, 1.165) is 30.2 Å². The largest absolute Gasteiger partial charge is 0.460 e. The molecule has 3 nitrogen and oxygen atoms in total. The summed E-state index contributed by atoms with van der Waals surface area (Å²) in [5, 5.41) is 0. The van der Waals surface area contributed by atoms with Crippen LogP contribution in [0.15, 0.2) is 21.2 Å². The molecule has 2 N–H and O–H groups in total. The molecule has 1 aromatic heterocycles. The molecule has 1 aliphatic rings. The molecule has 15 heavy (non-hydrogen) atoms. The Bertz CT molecular complexity index is 361. The van der Waals surface area contributed by atoms with Crippen LogP contribution in [0, 0.1) is 5.92 Å². The number of ketones is 1. The Morgan fingerprint density at radius 3 is 2.93 bits per heavy atom. The molecule has 1 heterocycles. The predicted molar refractivity (Wildman–Crippen MR) is 60.7 cm³/mol. The molecular weight excluding hydrogens is 258 g/mol. The van der Waals surface area contributed by atoms with E-state index >= 15 is 0 Å². The second-order valence-corrected chi connectivity index (χ2v) is 4.94. The van der Waals surface area contributed by atoms with Crippen LogP contribution in [0.3, 0.4) is 0 Å². The van der Waals surface area contributed by atoms with Gasteiger partial charge in [-0.2, -0.15) is 0 Å². The molecule has 1 saturated carbocycles. The molecule has 0 amide bonds. The van der Waals surface area contributed by atoms with Crippen molar-refractivity contribution in [3.8, 4) is 0 Å². The number of nitrogens with two attached hydrogens (primary N) is 1. The number of halogens is 1. The maximum Gasteiger partial charge on any atom is 0.202 e. The normalized spacial score (nSPS) is 26.5. The van der Waals surface area contributed by atoms with E-state index in [9.17, 15) is 4.79 Å². The summed E-state index contributed by atoms with van der Waals surface area (Å²) in [5.74, 6) is 0.562. The molecule has 1 aromatic rings. The van der Waals surface area contributed by atoms with Gasteiger partial charge in [0.15, 0.2) is 5.76 Å². The van der Waals surface area contributed by atoms with Crippen LogP contribution < -0.4 is 5.73 Å². The van der Waals surface area contributed by atoms with Crippen LogP contribution in [-0.4, -0.2) is 11.8 Å². The smallest absolute Gasteiger partial charge is 0.202 e. The van der Waals surface area contributed by atoms with Crippen molar-refractivity contribution in [2.24, 2.45) is 11.7 Å². The summed E-state index contributed by atoms with van der Waals surface area (Å²) >= 11 is 3.30. The lowest BCUT2D eigenvalue weighted by Gasteiger charge is -2.24. The zero-order chi connectivity index (χ0) is 10.8. The monoisotopic (exact) mass is 271 g/mol. The summed E-state index contributed by atoms with van der Waals surface area (Å²) in [5.41, 5.74) is 5.86. The molecule has 4 heteroatoms. The third-order valence-corrected chi connectivity index (χ3v) is 3.55. The SMILES string of the molecule is NC1CCCC(C(=O)c2occc2Br)C1. The molecule has 0 saturated heterocycles. The maximum atomic E-state index is 12.0. The maximum absolute atomic E-state index is 12.0. The lowest BCUT2D eigenvalue weighted by atomic mass is 9.83. The van der Waals surface area contributed by atoms with E-state index in [1.807, 2.05) is 0 Å². The van der Waals surface area contributed by atoms with Gasteiger partial charge in [0.25, 0.3) is 0 Å². The van der Waals surface area contributed by atoms with E-state index in [2.05, 4.69) is 15.9 Å². The molecule has 1 aliphatic carbocycles. The molecule has 0 bridgehead atoms. The van der Waals surface area contributed by atoms with Gasteiger partial charge in [-0.15, -0.1) is 0 Å². The van der Waals surface area contributed by atoms with Gasteiger partial charge in [-0.05, 0) is 41.3 Å². The Balaban J connectivity index is 2.11. The summed E-state index contributed by atoms with van der Waals surface area (Å²) in [6.07, 6.45) is 5.31. The van der Waals surface area contributed by atoms with E-state index < -0.39 is 0 Å². The van der Waals surface area contributed by atoms with Crippen molar-refractivity contribution in [3.63, 3.8) is 0 Å². The van der Waals surface area contributed by atoms with Crippen molar-refractivity contribution in [3.05, 3.63) is 22.6 Å². The van der Waals surface area contributed by atoms with Gasteiger partial charge in [0.05, 0.1) is 10.7 Å². The van der Waals surface area contributed by atoms with E-state index in [1.165, 1.54) is 6.26 Å². The highest BCUT2D eigenvalue weighted by Crippen LogP contribution is 2.29. The molecule has 0 aliphatic heterocycles. The Kier molecular flexibility index (Phi) is 3.26. The molecule has 82 valence electrons. The van der Waals surface area contributed by atoms with Crippen molar-refractivity contribution in [2.45, 2.75) is 31.7 Å². The molecule has 0 spiro atoms. The summed E-state index contributed by atoms with van der Waals surface area (Å²) in [6, 6.07) is 1.91. The van der Waals surface area contributed by atoms with Crippen molar-refractivity contribution in [1.82, 2.24) is 0 Å². The van der Waals surface area contributed by atoms with Crippen LogP contribution in [-0.2, 0) is 0 Å². The van der Waals surface area contributed by atoms with Crippen LogP contribution in [0.4, 0.5) is 0 Å². The fourth-order valence-electron chi connectivity index (χ4n) is 2.12. The number of hydrogen-bond donors (Lipinski definition) is 1. The minimum absolute atomic E-state index is 0.0381. The first kappa shape index (κ1) is 10.9. The Morgan fingerprint density at radius 2 is 2.33 bits per heavy atom. The zero-order valence-electron chi connectivity index (χ0n) is 8.41. The number of Topliss-reactive ketones (excluding diaryl/α,β-unsaturated/α-hetero) is 1. The molecule has 2 atom stereocenters. The van der Waals surface area contributed by atoms with Gasteiger partial charge < -0.3 is 10.2 Å². The summed E-state index contributed by atoms with van der Waals surface area (Å²) in [4.78, 5) is 12.0. The van der Waals surface area contributed by atoms with Gasteiger partial charge in [-0.25, -0.2) is 0 Å². The molecular formula is C11H14BrNO2. The molecule has 1 fully saturated rings. The highest BCUT2D eigenvalue weighted by molar-refractivity contribution is 9.10. The topological polar surface area (TPSA) is 56.2 Å². The second-order valence-electron chi connectivity index (χ2n) is 4.09. The minimum atomic E-state index is 0.0381. The predicted octanol–water partition coefficient (Wildman–Crippen LogP) is 2.74. The highest BCUT2D eigenvalue weighted by Gasteiger charge is 2.28. The number of furan rings is 1. The average molecular weight is 272 g/mol. The summed E-state index contributed by atoms with van der Waals surface area (Å²) in [6.45, 7) is 0. The highest BCUT2D eigenvalue weighted by atomic mass is 79.9. The molecule has 0 radical (unpaired) electrons. The fraction of sp³-hybridized carbons (Fsp3) is 0.545. The van der Waals surface area contributed by atoms with Crippen molar-refractivity contribution >= 4 is 21.7 Å². The van der Waals surface area contributed by atoms with E-state index in [-0.39, 0.29) is 17.7 Å². The van der Waals surface area contributed by atoms with Gasteiger partial charge in [0.2, 0.25) is 5.78 Å². The molecule has 2 unspecified atom stereocenters. The molecule has 2 rings (SSSR count). The first-order valence-electron chi connectivity index (χ1n) is 5.21. The average Bonchev–Trinajstić information content (AvgIpc) is 2.63. The van der Waals surface area contributed by atoms with Crippen LogP contribution in [0.5, 0.6) is 0 Å². The lowest BCUT2D eigenvalue weighted by Crippen LogP contribution is -2.31. The van der Waals surface area contributed by atoms with Gasteiger partial charge >= 0.3 is 0 Å². The van der Waals surface area contributed by atoms with Crippen LogP contribution >= 0.6 is 15.9 Å². The van der Waals surface area contributed by atoms with E-state index in [0.29, 0.717) is 5.76 Å². The number of carbonyl (C=O) groups is 1. The van der Waals surface area contributed by atoms with Gasteiger partial charge in [0, 0.05) is 12.0 Å². The lowest BCUT2D eigenvalue weighted by molar-refractivity contribution is 0.0851. The first-order valence-corrected chi connectivity index (χ1v) is 6.00. The van der Waals surface area contributed by atoms with Gasteiger partial charge in [-0.1, -0.05) is 6.42 Å². The Morgan fingerprint density at radius 1 is 1.53 bits per heavy atom. The fourth-order valence-corrected chi connectivity index (χ4v) is 2.52. The minimum Gasteiger partial charge on any atom is -0.460 e. The Hall–Kier alpha value is -0.610. The second kappa shape index (κ2) is 4.49. The standard InChI is InChI=1S/C11H14BrNO2/c12-9-4-5-15-11(9)10(14)7-2-1-3-8(13)6-7/h4-5,7-8H,1-3,6,13H2. The molecule has 0 aromatic carbocycles. The van der Waals surface area contributed by atoms with Crippen LogP contribution in [0.1, 0.15) is 36.2 Å². The van der Waals surface area contributed by atoms with Crippen molar-refractivity contribution in [2.75, 3.05) is 0 Å². The van der Waals surface area contributed by atoms with Gasteiger partial charge in [-0.3, -0.25) is 4.79 Å². The number of carbonyl (C=O) groups excluding carboxylic acids is 1. The summed E-state index contributed by atoms with van der Waals surface area (Å²) < 4.78 is 5.92. The number of hydrogen-bond acceptors (Lipinski definition) is 3. The third-order valence-electron chi connectivity index (χ3n) is 2.93. The van der Waals surface area contributed by atoms with E-state index in [4.69, 9.17) is 10.2 Å². The van der Waals surface area contributed by atoms with E-state index in [1.54, 1.807) is 6.07 Å². The van der Waals surface area contributed by atoms with Crippen molar-refractivity contribution in [1.29, 1.82) is 0 Å². The Labute approximate surface area is 97.1 Å². The van der Waals surface area contributed by atoms with Crippen LogP contribution in [0.25, 0.3) is 0 Å². The zero-order valence-corrected chi connectivity index (χ0v) is 10.00. The van der Waals surface area contributed by atoms with Crippen LogP contribution in [0.2, 0.25) is 0 Å². The number of rotatable bonds is 2. The van der Waals surface area contributed by atoms with Crippen molar-refractivity contribution < 1.29 is 9.21 Å². The summed E-state index contributed by atoms with van der Waals surface area (Å²) in [7, 11) is 0. The first-order chi connectivity index (χ1) is 7.18. The quantitative estimate of drug-likeness (QED) is 0.842. The van der Waals surface area contributed by atoms with Gasteiger partial charge in [0.1, 0.15) is 0 Å². The third kappa shape index (κ3) is 2.32.